The van der Waals surface area contributed by atoms with Gasteiger partial charge in [-0.1, -0.05) is 0 Å². The van der Waals surface area contributed by atoms with Crippen LogP contribution in [0.25, 0.3) is 0 Å². The number of methoxy groups -OCH3 is 1. The van der Waals surface area contributed by atoms with E-state index in [1.54, 1.807) is 7.11 Å². The highest BCUT2D eigenvalue weighted by Crippen LogP contribution is 2.29. The number of nitrogen functional groups attached to an aromatic ring is 1. The van der Waals surface area contributed by atoms with Gasteiger partial charge in [-0.05, 0) is 37.8 Å². The molecule has 1 heterocycles. The Bertz CT molecular complexity index is 481. The lowest BCUT2D eigenvalue weighted by Crippen LogP contribution is -2.46. The molecular weight excluding hydrogens is 278 g/mol. The van der Waals surface area contributed by atoms with Crippen LogP contribution in [0.4, 0.5) is 11.4 Å². The van der Waals surface area contributed by atoms with E-state index >= 15 is 0 Å². The summed E-state index contributed by atoms with van der Waals surface area (Å²) in [7, 11) is 1.66. The molecule has 0 atom stereocenters. The maximum atomic E-state index is 5.87. The van der Waals surface area contributed by atoms with Crippen LogP contribution in [0.5, 0.6) is 5.75 Å². The molecule has 5 nitrogen and oxygen atoms in total. The topological polar surface area (TPSA) is 59.8 Å². The Hall–Kier alpha value is -1.46. The molecule has 3 rings (SSSR count). The number of hydrogen-bond acceptors (Lipinski definition) is 5. The summed E-state index contributed by atoms with van der Waals surface area (Å²) >= 11 is 0. The maximum absolute atomic E-state index is 5.87. The third-order valence-electron chi connectivity index (χ3n) is 4.86. The van der Waals surface area contributed by atoms with Crippen molar-refractivity contribution in [3.8, 4) is 5.75 Å². The lowest BCUT2D eigenvalue weighted by atomic mass is 9.89. The van der Waals surface area contributed by atoms with Crippen LogP contribution < -0.4 is 15.8 Å². The van der Waals surface area contributed by atoms with Crippen molar-refractivity contribution >= 4 is 11.4 Å². The van der Waals surface area contributed by atoms with Crippen molar-refractivity contribution in [1.29, 1.82) is 0 Å². The summed E-state index contributed by atoms with van der Waals surface area (Å²) in [6.45, 7) is 3.97. The highest BCUT2D eigenvalue weighted by atomic mass is 16.5. The number of nitrogens with one attached hydrogen (secondary N) is 1. The second-order valence-corrected chi connectivity index (χ2v) is 6.25. The predicted octanol–water partition coefficient (Wildman–Crippen LogP) is 2.33. The monoisotopic (exact) mass is 305 g/mol. The van der Waals surface area contributed by atoms with Crippen LogP contribution in [0.15, 0.2) is 18.2 Å². The van der Waals surface area contributed by atoms with Crippen LogP contribution >= 0.6 is 0 Å². The van der Waals surface area contributed by atoms with Gasteiger partial charge in [0.25, 0.3) is 0 Å². The normalized spacial score (nSPS) is 26.6. The quantitative estimate of drug-likeness (QED) is 0.836. The number of morpholine rings is 1. The van der Waals surface area contributed by atoms with Gasteiger partial charge in [-0.2, -0.15) is 0 Å². The van der Waals surface area contributed by atoms with Crippen LogP contribution in [-0.4, -0.2) is 50.4 Å². The summed E-state index contributed by atoms with van der Waals surface area (Å²) < 4.78 is 10.7. The van der Waals surface area contributed by atoms with E-state index in [4.69, 9.17) is 15.2 Å². The van der Waals surface area contributed by atoms with Gasteiger partial charge in [-0.15, -0.1) is 0 Å². The van der Waals surface area contributed by atoms with Crippen LogP contribution in [0.2, 0.25) is 0 Å². The van der Waals surface area contributed by atoms with Crippen molar-refractivity contribution in [2.45, 2.75) is 37.8 Å². The number of nitrogens with zero attached hydrogens (tertiary/aromatic N) is 1. The van der Waals surface area contributed by atoms with Gasteiger partial charge in [0, 0.05) is 36.9 Å². The number of hydrogen-bond donors (Lipinski definition) is 2. The Morgan fingerprint density at radius 2 is 1.91 bits per heavy atom. The first-order valence-electron chi connectivity index (χ1n) is 8.28. The van der Waals surface area contributed by atoms with E-state index < -0.39 is 0 Å². The molecule has 1 saturated carbocycles. The van der Waals surface area contributed by atoms with E-state index in [1.165, 1.54) is 25.7 Å². The molecule has 0 unspecified atom stereocenters. The number of nitrogens with two attached hydrogens (primary N) is 1. The summed E-state index contributed by atoms with van der Waals surface area (Å²) in [6.07, 6.45) is 4.97. The van der Waals surface area contributed by atoms with E-state index in [9.17, 15) is 0 Å². The fourth-order valence-corrected chi connectivity index (χ4v) is 3.56. The minimum atomic E-state index is 0.547. The number of rotatable bonds is 4. The zero-order valence-electron chi connectivity index (χ0n) is 13.4. The molecule has 1 aromatic carbocycles. The molecular formula is C17H27N3O2. The smallest absolute Gasteiger partial charge is 0.143 e. The van der Waals surface area contributed by atoms with E-state index in [2.05, 4.69) is 10.2 Å². The van der Waals surface area contributed by atoms with E-state index in [-0.39, 0.29) is 0 Å². The minimum Gasteiger partial charge on any atom is -0.495 e. The van der Waals surface area contributed by atoms with E-state index in [0.717, 1.165) is 43.8 Å². The van der Waals surface area contributed by atoms with Crippen molar-refractivity contribution in [2.75, 3.05) is 44.5 Å². The van der Waals surface area contributed by atoms with Gasteiger partial charge in [0.2, 0.25) is 0 Å². The lowest BCUT2D eigenvalue weighted by Gasteiger charge is -2.39. The van der Waals surface area contributed by atoms with Gasteiger partial charge in [0.1, 0.15) is 5.75 Å². The summed E-state index contributed by atoms with van der Waals surface area (Å²) in [4.78, 5) is 2.60. The van der Waals surface area contributed by atoms with Crippen molar-refractivity contribution in [1.82, 2.24) is 4.90 Å². The summed E-state index contributed by atoms with van der Waals surface area (Å²) in [6, 6.07) is 7.21. The SMILES string of the molecule is COc1cc(N[C@H]2CC[C@H](N3CCOCC3)CC2)ccc1N. The zero-order chi connectivity index (χ0) is 15.4. The minimum absolute atomic E-state index is 0.547. The molecule has 0 amide bonds. The highest BCUT2D eigenvalue weighted by molar-refractivity contribution is 5.61. The Labute approximate surface area is 132 Å². The summed E-state index contributed by atoms with van der Waals surface area (Å²) in [5.74, 6) is 0.743. The Morgan fingerprint density at radius 3 is 2.59 bits per heavy atom. The number of benzene rings is 1. The van der Waals surface area contributed by atoms with Crippen molar-refractivity contribution in [3.05, 3.63) is 18.2 Å². The molecule has 0 aromatic heterocycles. The molecule has 0 spiro atoms. The molecule has 1 aromatic rings. The standard InChI is InChI=1S/C17H27N3O2/c1-21-17-12-14(4-7-16(17)18)19-13-2-5-15(6-3-13)20-8-10-22-11-9-20/h4,7,12-13,15,19H,2-3,5-6,8-11,18H2,1H3/t13-,15-. The second kappa shape index (κ2) is 7.20. The highest BCUT2D eigenvalue weighted by Gasteiger charge is 2.26. The average Bonchev–Trinajstić information content (AvgIpc) is 2.58. The Balaban J connectivity index is 1.51. The first kappa shape index (κ1) is 15.4. The second-order valence-electron chi connectivity index (χ2n) is 6.25. The molecule has 0 bridgehead atoms. The van der Waals surface area contributed by atoms with Crippen LogP contribution in [0, 0.1) is 0 Å². The van der Waals surface area contributed by atoms with Crippen molar-refractivity contribution in [3.63, 3.8) is 0 Å². The van der Waals surface area contributed by atoms with Gasteiger partial charge >= 0.3 is 0 Å². The molecule has 0 radical (unpaired) electrons. The van der Waals surface area contributed by atoms with Crippen LogP contribution in [-0.2, 0) is 4.74 Å². The number of anilines is 2. The molecule has 22 heavy (non-hydrogen) atoms. The first-order valence-corrected chi connectivity index (χ1v) is 8.28. The summed E-state index contributed by atoms with van der Waals surface area (Å²) in [5.41, 5.74) is 7.65. The van der Waals surface area contributed by atoms with Gasteiger partial charge in [-0.25, -0.2) is 0 Å². The van der Waals surface area contributed by atoms with E-state index in [0.29, 0.717) is 11.7 Å². The predicted molar refractivity (Wildman–Crippen MR) is 89.5 cm³/mol. The van der Waals surface area contributed by atoms with Gasteiger partial charge in [0.05, 0.1) is 26.0 Å². The third kappa shape index (κ3) is 3.65. The maximum Gasteiger partial charge on any atom is 0.143 e. The largest absolute Gasteiger partial charge is 0.495 e. The third-order valence-corrected chi connectivity index (χ3v) is 4.86. The first-order chi connectivity index (χ1) is 10.8. The molecule has 2 aliphatic rings. The Morgan fingerprint density at radius 1 is 1.18 bits per heavy atom. The van der Waals surface area contributed by atoms with Crippen molar-refractivity contribution in [2.24, 2.45) is 0 Å². The number of ether oxygens (including phenoxy) is 2. The molecule has 1 aliphatic carbocycles. The molecule has 5 heteroatoms. The van der Waals surface area contributed by atoms with Crippen LogP contribution in [0.1, 0.15) is 25.7 Å². The summed E-state index contributed by atoms with van der Waals surface area (Å²) in [5, 5.41) is 3.63. The van der Waals surface area contributed by atoms with Gasteiger partial charge in [0.15, 0.2) is 0 Å². The molecule has 122 valence electrons. The van der Waals surface area contributed by atoms with Crippen LogP contribution in [0.3, 0.4) is 0 Å². The lowest BCUT2D eigenvalue weighted by molar-refractivity contribution is 0.00791. The zero-order valence-corrected chi connectivity index (χ0v) is 13.4. The van der Waals surface area contributed by atoms with E-state index in [1.807, 2.05) is 18.2 Å². The fraction of sp³-hybridized carbons (Fsp3) is 0.647. The molecule has 2 fully saturated rings. The average molecular weight is 305 g/mol. The van der Waals surface area contributed by atoms with Crippen molar-refractivity contribution < 1.29 is 9.47 Å². The molecule has 1 aliphatic heterocycles. The van der Waals surface area contributed by atoms with Gasteiger partial charge < -0.3 is 20.5 Å². The molecule has 3 N–H and O–H groups in total. The molecule has 1 saturated heterocycles. The fourth-order valence-electron chi connectivity index (χ4n) is 3.56. The van der Waals surface area contributed by atoms with Gasteiger partial charge in [-0.3, -0.25) is 4.90 Å². The Kier molecular flexibility index (Phi) is 5.05.